The third-order valence-corrected chi connectivity index (χ3v) is 5.14. The Hall–Kier alpha value is -2.13. The highest BCUT2D eigenvalue weighted by atomic mass is 15.1. The zero-order valence-electron chi connectivity index (χ0n) is 14.6. The Morgan fingerprint density at radius 2 is 2.08 bits per heavy atom. The summed E-state index contributed by atoms with van der Waals surface area (Å²) in [6.07, 6.45) is 5.22. The fourth-order valence-electron chi connectivity index (χ4n) is 3.92. The van der Waals surface area contributed by atoms with Gasteiger partial charge >= 0.3 is 0 Å². The molecule has 2 aromatic heterocycles. The van der Waals surface area contributed by atoms with Gasteiger partial charge in [-0.15, -0.1) is 0 Å². The van der Waals surface area contributed by atoms with Gasteiger partial charge in [0.2, 0.25) is 0 Å². The van der Waals surface area contributed by atoms with Gasteiger partial charge in [0.05, 0.1) is 0 Å². The normalized spacial score (nSPS) is 14.9. The summed E-state index contributed by atoms with van der Waals surface area (Å²) in [6, 6.07) is 13.1. The molecule has 0 amide bonds. The summed E-state index contributed by atoms with van der Waals surface area (Å²) in [4.78, 5) is 6.89. The van der Waals surface area contributed by atoms with Crippen molar-refractivity contribution in [2.45, 2.75) is 39.3 Å². The average Bonchev–Trinajstić information content (AvgIpc) is 2.89. The molecular formula is C21H25N3. The number of hydrogen-bond acceptors (Lipinski definition) is 2. The molecule has 0 fully saturated rings. The van der Waals surface area contributed by atoms with E-state index in [1.54, 1.807) is 11.3 Å². The summed E-state index contributed by atoms with van der Waals surface area (Å²) in [5.74, 6) is 0. The topological polar surface area (TPSA) is 21.1 Å². The average molecular weight is 319 g/mol. The fourth-order valence-corrected chi connectivity index (χ4v) is 3.92. The molecule has 1 aliphatic heterocycles. The van der Waals surface area contributed by atoms with Crippen LogP contribution in [0.4, 0.5) is 0 Å². The summed E-state index contributed by atoms with van der Waals surface area (Å²) >= 11 is 0. The predicted octanol–water partition coefficient (Wildman–Crippen LogP) is 3.97. The van der Waals surface area contributed by atoms with E-state index < -0.39 is 0 Å². The maximum Gasteiger partial charge on any atom is 0.0486 e. The summed E-state index contributed by atoms with van der Waals surface area (Å²) in [5.41, 5.74) is 7.04. The highest BCUT2D eigenvalue weighted by Gasteiger charge is 2.22. The number of nitrogens with zero attached hydrogens (tertiary/aromatic N) is 3. The molecule has 3 aromatic rings. The van der Waals surface area contributed by atoms with E-state index in [9.17, 15) is 0 Å². The van der Waals surface area contributed by atoms with Gasteiger partial charge in [-0.1, -0.05) is 17.7 Å². The van der Waals surface area contributed by atoms with Crippen LogP contribution in [0.2, 0.25) is 0 Å². The van der Waals surface area contributed by atoms with Gasteiger partial charge in [-0.2, -0.15) is 0 Å². The Bertz CT molecular complexity index is 848. The molecule has 3 heteroatoms. The van der Waals surface area contributed by atoms with Crippen LogP contribution in [-0.2, 0) is 25.9 Å². The van der Waals surface area contributed by atoms with E-state index in [1.165, 1.54) is 22.2 Å². The second kappa shape index (κ2) is 6.40. The molecule has 0 unspecified atom stereocenters. The number of benzene rings is 1. The van der Waals surface area contributed by atoms with Gasteiger partial charge in [-0.05, 0) is 56.6 Å². The van der Waals surface area contributed by atoms with E-state index in [4.69, 9.17) is 0 Å². The molecule has 0 radical (unpaired) electrons. The molecule has 1 aromatic carbocycles. The van der Waals surface area contributed by atoms with Crippen LogP contribution in [0.1, 0.15) is 28.9 Å². The number of pyridine rings is 1. The first-order valence-electron chi connectivity index (χ1n) is 8.91. The van der Waals surface area contributed by atoms with E-state index in [0.717, 1.165) is 38.9 Å². The van der Waals surface area contributed by atoms with Crippen molar-refractivity contribution in [3.63, 3.8) is 0 Å². The van der Waals surface area contributed by atoms with Crippen LogP contribution in [0.3, 0.4) is 0 Å². The van der Waals surface area contributed by atoms with Gasteiger partial charge in [0.1, 0.15) is 0 Å². The number of aromatic nitrogens is 2. The lowest BCUT2D eigenvalue weighted by molar-refractivity contribution is 0.309. The van der Waals surface area contributed by atoms with Gasteiger partial charge in [0.25, 0.3) is 0 Å². The molecule has 1 aliphatic rings. The predicted molar refractivity (Wildman–Crippen MR) is 99.3 cm³/mol. The molecule has 0 aliphatic carbocycles. The monoisotopic (exact) mass is 319 g/mol. The van der Waals surface area contributed by atoms with Crippen molar-refractivity contribution in [2.75, 3.05) is 13.6 Å². The van der Waals surface area contributed by atoms with Gasteiger partial charge in [-0.25, -0.2) is 0 Å². The number of rotatable bonds is 4. The summed E-state index contributed by atoms with van der Waals surface area (Å²) < 4.78 is 2.57. The van der Waals surface area contributed by atoms with E-state index >= 15 is 0 Å². The van der Waals surface area contributed by atoms with Crippen molar-refractivity contribution in [3.8, 4) is 0 Å². The lowest BCUT2D eigenvalue weighted by Gasteiger charge is -2.24. The zero-order valence-corrected chi connectivity index (χ0v) is 14.6. The highest BCUT2D eigenvalue weighted by molar-refractivity contribution is 5.86. The SMILES string of the molecule is Cc1ccc2c(c1)c1c(n2CCCc2ccccn2)CCN(C)C1. The van der Waals surface area contributed by atoms with Crippen molar-refractivity contribution in [3.05, 3.63) is 65.1 Å². The zero-order chi connectivity index (χ0) is 16.5. The van der Waals surface area contributed by atoms with Crippen LogP contribution in [0, 0.1) is 6.92 Å². The van der Waals surface area contributed by atoms with Crippen molar-refractivity contribution in [1.82, 2.24) is 14.5 Å². The quantitative estimate of drug-likeness (QED) is 0.725. The third kappa shape index (κ3) is 2.84. The Labute approximate surface area is 143 Å². The molecule has 0 atom stereocenters. The molecule has 3 heterocycles. The summed E-state index contributed by atoms with van der Waals surface area (Å²) in [7, 11) is 2.23. The molecule has 0 N–H and O–H groups in total. The molecule has 3 nitrogen and oxygen atoms in total. The van der Waals surface area contributed by atoms with Gasteiger partial charge in [0.15, 0.2) is 0 Å². The number of likely N-dealkylation sites (N-methyl/N-ethyl adjacent to an activating group) is 1. The van der Waals surface area contributed by atoms with Crippen molar-refractivity contribution < 1.29 is 0 Å². The lowest BCUT2D eigenvalue weighted by Crippen LogP contribution is -2.27. The van der Waals surface area contributed by atoms with E-state index in [2.05, 4.69) is 58.8 Å². The number of aryl methyl sites for hydroxylation is 3. The standard InChI is InChI=1S/C21H25N3/c1-16-8-9-20-18(14-16)19-15-23(2)13-10-21(19)24(20)12-5-7-17-6-3-4-11-22-17/h3-4,6,8-9,11,14H,5,7,10,12-13,15H2,1-2H3. The van der Waals surface area contributed by atoms with E-state index in [1.807, 2.05) is 12.3 Å². The molecule has 0 saturated carbocycles. The molecule has 4 rings (SSSR count). The first-order valence-corrected chi connectivity index (χ1v) is 8.91. The van der Waals surface area contributed by atoms with Gasteiger partial charge in [0, 0.05) is 54.5 Å². The third-order valence-electron chi connectivity index (χ3n) is 5.14. The fraction of sp³-hybridized carbons (Fsp3) is 0.381. The highest BCUT2D eigenvalue weighted by Crippen LogP contribution is 2.31. The molecule has 124 valence electrons. The maximum atomic E-state index is 4.45. The van der Waals surface area contributed by atoms with Crippen LogP contribution >= 0.6 is 0 Å². The minimum atomic E-state index is 1.04. The largest absolute Gasteiger partial charge is 0.344 e. The van der Waals surface area contributed by atoms with Crippen molar-refractivity contribution in [2.24, 2.45) is 0 Å². The van der Waals surface area contributed by atoms with Gasteiger partial charge < -0.3 is 9.47 Å². The first kappa shape index (κ1) is 15.4. The van der Waals surface area contributed by atoms with E-state index in [0.29, 0.717) is 0 Å². The van der Waals surface area contributed by atoms with Crippen LogP contribution in [-0.4, -0.2) is 28.0 Å². The lowest BCUT2D eigenvalue weighted by atomic mass is 10.0. The Morgan fingerprint density at radius 1 is 1.17 bits per heavy atom. The second-order valence-electron chi connectivity index (χ2n) is 7.01. The number of hydrogen-bond donors (Lipinski definition) is 0. The molecule has 0 spiro atoms. The number of fused-ring (bicyclic) bond motifs is 3. The molecule has 0 bridgehead atoms. The molecule has 24 heavy (non-hydrogen) atoms. The first-order chi connectivity index (χ1) is 11.7. The Morgan fingerprint density at radius 3 is 2.92 bits per heavy atom. The Balaban J connectivity index is 1.65. The molecular weight excluding hydrogens is 294 g/mol. The van der Waals surface area contributed by atoms with Gasteiger partial charge in [-0.3, -0.25) is 4.98 Å². The van der Waals surface area contributed by atoms with Crippen LogP contribution in [0.15, 0.2) is 42.6 Å². The van der Waals surface area contributed by atoms with Crippen LogP contribution < -0.4 is 0 Å². The minimum absolute atomic E-state index is 1.04. The second-order valence-corrected chi connectivity index (χ2v) is 7.01. The van der Waals surface area contributed by atoms with Crippen molar-refractivity contribution in [1.29, 1.82) is 0 Å². The summed E-state index contributed by atoms with van der Waals surface area (Å²) in [6.45, 7) is 5.50. The molecule has 0 saturated heterocycles. The van der Waals surface area contributed by atoms with Crippen molar-refractivity contribution >= 4 is 10.9 Å². The van der Waals surface area contributed by atoms with E-state index in [-0.39, 0.29) is 0 Å². The van der Waals surface area contributed by atoms with Crippen LogP contribution in [0.5, 0.6) is 0 Å². The summed E-state index contributed by atoms with van der Waals surface area (Å²) in [5, 5.41) is 1.45. The minimum Gasteiger partial charge on any atom is -0.344 e. The van der Waals surface area contributed by atoms with Crippen LogP contribution in [0.25, 0.3) is 10.9 Å². The maximum absolute atomic E-state index is 4.45. The smallest absolute Gasteiger partial charge is 0.0486 e. The Kier molecular flexibility index (Phi) is 4.11.